The molecule has 0 aliphatic carbocycles. The molecule has 1 heterocycles. The number of carbonyl (C=O) groups is 2. The van der Waals surface area contributed by atoms with Crippen LogP contribution in [-0.4, -0.2) is 47.1 Å². The van der Waals surface area contributed by atoms with E-state index < -0.39 is 11.9 Å². The molecule has 20 heavy (non-hydrogen) atoms. The predicted molar refractivity (Wildman–Crippen MR) is 75.4 cm³/mol. The van der Waals surface area contributed by atoms with Gasteiger partial charge >= 0.3 is 12.0 Å². The van der Waals surface area contributed by atoms with Gasteiger partial charge in [-0.15, -0.1) is 0 Å². The highest BCUT2D eigenvalue weighted by atomic mass is 16.4. The van der Waals surface area contributed by atoms with Gasteiger partial charge in [0.25, 0.3) is 0 Å². The summed E-state index contributed by atoms with van der Waals surface area (Å²) < 4.78 is 0. The van der Waals surface area contributed by atoms with E-state index >= 15 is 0 Å². The van der Waals surface area contributed by atoms with Crippen molar-refractivity contribution in [1.29, 1.82) is 0 Å². The zero-order valence-corrected chi connectivity index (χ0v) is 11.9. The number of aliphatic carboxylic acids is 1. The van der Waals surface area contributed by atoms with Crippen LogP contribution in [0.4, 0.5) is 4.79 Å². The fraction of sp³-hybridized carbons (Fsp3) is 0.500. The average molecular weight is 279 g/mol. The van der Waals surface area contributed by atoms with Crippen molar-refractivity contribution >= 4 is 12.0 Å². The van der Waals surface area contributed by atoms with Crippen molar-refractivity contribution in [3.8, 4) is 0 Å². The van der Waals surface area contributed by atoms with E-state index in [9.17, 15) is 9.59 Å². The van der Waals surface area contributed by atoms with Gasteiger partial charge in [-0.2, -0.15) is 0 Å². The summed E-state index contributed by atoms with van der Waals surface area (Å²) in [5.74, 6) is -1.29. The predicted octanol–water partition coefficient (Wildman–Crippen LogP) is 1.38. The van der Waals surface area contributed by atoms with Crippen molar-refractivity contribution in [2.75, 3.05) is 20.1 Å². The number of hydrogen-bond donors (Lipinski definition) is 2. The Kier molecular flexibility index (Phi) is 6.49. The molecule has 0 saturated heterocycles. The highest BCUT2D eigenvalue weighted by Crippen LogP contribution is 2.01. The summed E-state index contributed by atoms with van der Waals surface area (Å²) in [7, 11) is 1.72. The minimum atomic E-state index is -0.842. The minimum Gasteiger partial charge on any atom is -0.481 e. The SMILES string of the molecule is CC(CCNC(=O)N(C)CCc1ccncc1)C(=O)O. The average Bonchev–Trinajstić information content (AvgIpc) is 2.45. The fourth-order valence-corrected chi connectivity index (χ4v) is 1.60. The van der Waals surface area contributed by atoms with Crippen LogP contribution in [0.15, 0.2) is 24.5 Å². The lowest BCUT2D eigenvalue weighted by atomic mass is 10.1. The Morgan fingerprint density at radius 1 is 1.40 bits per heavy atom. The summed E-state index contributed by atoms with van der Waals surface area (Å²) in [6.07, 6.45) is 4.64. The highest BCUT2D eigenvalue weighted by molar-refractivity contribution is 5.74. The Morgan fingerprint density at radius 3 is 2.65 bits per heavy atom. The van der Waals surface area contributed by atoms with Crippen LogP contribution in [0, 0.1) is 5.92 Å². The monoisotopic (exact) mass is 279 g/mol. The first-order valence-corrected chi connectivity index (χ1v) is 6.61. The van der Waals surface area contributed by atoms with Gasteiger partial charge in [0.05, 0.1) is 5.92 Å². The van der Waals surface area contributed by atoms with E-state index in [2.05, 4.69) is 10.3 Å². The van der Waals surface area contributed by atoms with E-state index in [0.717, 1.165) is 12.0 Å². The molecule has 2 amide bonds. The van der Waals surface area contributed by atoms with E-state index in [4.69, 9.17) is 5.11 Å². The smallest absolute Gasteiger partial charge is 0.317 e. The Balaban J connectivity index is 2.24. The maximum absolute atomic E-state index is 11.8. The molecule has 0 aliphatic heterocycles. The third-order valence-electron chi connectivity index (χ3n) is 3.11. The van der Waals surface area contributed by atoms with Gasteiger partial charge in [-0.05, 0) is 30.5 Å². The molecule has 1 rings (SSSR count). The molecule has 1 unspecified atom stereocenters. The van der Waals surface area contributed by atoms with Gasteiger partial charge in [-0.1, -0.05) is 6.92 Å². The lowest BCUT2D eigenvalue weighted by Crippen LogP contribution is -2.39. The maximum Gasteiger partial charge on any atom is 0.317 e. The second kappa shape index (κ2) is 8.14. The number of nitrogens with zero attached hydrogens (tertiary/aromatic N) is 2. The first kappa shape index (κ1) is 15.9. The molecule has 0 aliphatic rings. The number of amides is 2. The summed E-state index contributed by atoms with van der Waals surface area (Å²) >= 11 is 0. The number of hydrogen-bond acceptors (Lipinski definition) is 3. The molecule has 1 aromatic rings. The van der Waals surface area contributed by atoms with Gasteiger partial charge in [-0.25, -0.2) is 4.79 Å². The Morgan fingerprint density at radius 2 is 2.05 bits per heavy atom. The number of carboxylic acid groups (broad SMARTS) is 1. The number of carboxylic acids is 1. The normalized spacial score (nSPS) is 11.7. The van der Waals surface area contributed by atoms with E-state index in [-0.39, 0.29) is 6.03 Å². The van der Waals surface area contributed by atoms with Crippen molar-refractivity contribution < 1.29 is 14.7 Å². The number of nitrogens with one attached hydrogen (secondary N) is 1. The van der Waals surface area contributed by atoms with Gasteiger partial charge in [0, 0.05) is 32.5 Å². The largest absolute Gasteiger partial charge is 0.481 e. The summed E-state index contributed by atoms with van der Waals surface area (Å²) in [6, 6.07) is 3.65. The molecule has 2 N–H and O–H groups in total. The topological polar surface area (TPSA) is 82.5 Å². The van der Waals surface area contributed by atoms with E-state index in [0.29, 0.717) is 19.5 Å². The number of rotatable bonds is 7. The summed E-state index contributed by atoms with van der Waals surface area (Å²) in [6.45, 7) is 2.60. The first-order chi connectivity index (χ1) is 9.50. The van der Waals surface area contributed by atoms with Crippen LogP contribution in [-0.2, 0) is 11.2 Å². The van der Waals surface area contributed by atoms with Crippen molar-refractivity contribution in [3.63, 3.8) is 0 Å². The Hall–Kier alpha value is -2.11. The number of urea groups is 1. The zero-order chi connectivity index (χ0) is 15.0. The summed E-state index contributed by atoms with van der Waals surface area (Å²) in [4.78, 5) is 27.9. The highest BCUT2D eigenvalue weighted by Gasteiger charge is 2.12. The Bertz CT molecular complexity index is 437. The van der Waals surface area contributed by atoms with Crippen LogP contribution in [0.1, 0.15) is 18.9 Å². The Labute approximate surface area is 118 Å². The number of aromatic nitrogens is 1. The second-order valence-corrected chi connectivity index (χ2v) is 4.79. The molecule has 0 spiro atoms. The third-order valence-corrected chi connectivity index (χ3v) is 3.11. The molecule has 0 radical (unpaired) electrons. The molecule has 1 atom stereocenters. The fourth-order valence-electron chi connectivity index (χ4n) is 1.60. The summed E-state index contributed by atoms with van der Waals surface area (Å²) in [5, 5.41) is 11.5. The van der Waals surface area contributed by atoms with Crippen LogP contribution in [0.5, 0.6) is 0 Å². The molecular weight excluding hydrogens is 258 g/mol. The van der Waals surface area contributed by atoms with Crippen LogP contribution in [0.2, 0.25) is 0 Å². The zero-order valence-electron chi connectivity index (χ0n) is 11.9. The van der Waals surface area contributed by atoms with Crippen molar-refractivity contribution in [3.05, 3.63) is 30.1 Å². The first-order valence-electron chi connectivity index (χ1n) is 6.61. The van der Waals surface area contributed by atoms with Crippen molar-refractivity contribution in [2.24, 2.45) is 5.92 Å². The lowest BCUT2D eigenvalue weighted by molar-refractivity contribution is -0.141. The molecular formula is C14H21N3O3. The van der Waals surface area contributed by atoms with Gasteiger partial charge in [0.2, 0.25) is 0 Å². The quantitative estimate of drug-likeness (QED) is 0.790. The van der Waals surface area contributed by atoms with Crippen molar-refractivity contribution in [2.45, 2.75) is 19.8 Å². The molecule has 1 aromatic heterocycles. The van der Waals surface area contributed by atoms with Gasteiger partial charge < -0.3 is 15.3 Å². The van der Waals surface area contributed by atoms with Crippen LogP contribution < -0.4 is 5.32 Å². The molecule has 6 nitrogen and oxygen atoms in total. The lowest BCUT2D eigenvalue weighted by Gasteiger charge is -2.18. The van der Waals surface area contributed by atoms with Crippen LogP contribution >= 0.6 is 0 Å². The molecule has 0 saturated carbocycles. The summed E-state index contributed by atoms with van der Waals surface area (Å²) in [5.41, 5.74) is 1.12. The second-order valence-electron chi connectivity index (χ2n) is 4.79. The molecule has 0 aromatic carbocycles. The molecule has 0 bridgehead atoms. The molecule has 0 fully saturated rings. The van der Waals surface area contributed by atoms with E-state index in [1.54, 1.807) is 31.3 Å². The van der Waals surface area contributed by atoms with Gasteiger partial charge in [0.1, 0.15) is 0 Å². The van der Waals surface area contributed by atoms with Crippen LogP contribution in [0.25, 0.3) is 0 Å². The third kappa shape index (κ3) is 5.69. The van der Waals surface area contributed by atoms with E-state index in [1.165, 1.54) is 0 Å². The number of carbonyl (C=O) groups excluding carboxylic acids is 1. The van der Waals surface area contributed by atoms with E-state index in [1.807, 2.05) is 12.1 Å². The molecule has 6 heteroatoms. The number of likely N-dealkylation sites (N-methyl/N-ethyl adjacent to an activating group) is 1. The standard InChI is InChI=1S/C14H21N3O3/c1-11(13(18)19)3-9-16-14(20)17(2)10-6-12-4-7-15-8-5-12/h4-5,7-8,11H,3,6,9-10H2,1-2H3,(H,16,20)(H,18,19). The van der Waals surface area contributed by atoms with Gasteiger partial charge in [0.15, 0.2) is 0 Å². The van der Waals surface area contributed by atoms with Crippen molar-refractivity contribution in [1.82, 2.24) is 15.2 Å². The minimum absolute atomic E-state index is 0.184. The van der Waals surface area contributed by atoms with Crippen LogP contribution in [0.3, 0.4) is 0 Å². The molecule has 110 valence electrons. The number of pyridine rings is 1. The maximum atomic E-state index is 11.8. The van der Waals surface area contributed by atoms with Gasteiger partial charge in [-0.3, -0.25) is 9.78 Å².